The molecule has 0 fully saturated rings. The number of carboxylic acids is 1. The average molecular weight is 321 g/mol. The number of hydrogen-bond acceptors (Lipinski definition) is 4. The summed E-state index contributed by atoms with van der Waals surface area (Å²) in [6.07, 6.45) is 3.43. The number of aromatic nitrogens is 1. The SMILES string of the molecule is COC1=c2ncc(F)cc2=CC(=CC(=O)O)c2sc(F)cc21. The van der Waals surface area contributed by atoms with Gasteiger partial charge in [0.05, 0.1) is 13.3 Å². The first kappa shape index (κ1) is 14.4. The fourth-order valence-electron chi connectivity index (χ4n) is 2.31. The maximum atomic E-state index is 13.7. The fourth-order valence-corrected chi connectivity index (χ4v) is 3.18. The van der Waals surface area contributed by atoms with Gasteiger partial charge in [0.2, 0.25) is 0 Å². The molecule has 0 bridgehead atoms. The minimum Gasteiger partial charge on any atom is -0.494 e. The van der Waals surface area contributed by atoms with Crippen LogP contribution in [-0.2, 0) is 9.53 Å². The highest BCUT2D eigenvalue weighted by Gasteiger charge is 2.21. The second kappa shape index (κ2) is 5.34. The molecule has 4 nitrogen and oxygen atoms in total. The van der Waals surface area contributed by atoms with Crippen molar-refractivity contribution in [3.63, 3.8) is 0 Å². The molecule has 0 saturated carbocycles. The lowest BCUT2D eigenvalue weighted by atomic mass is 10.1. The number of pyridine rings is 1. The minimum absolute atomic E-state index is 0.261. The van der Waals surface area contributed by atoms with Crippen LogP contribution in [-0.4, -0.2) is 23.2 Å². The predicted molar refractivity (Wildman–Crippen MR) is 77.3 cm³/mol. The number of thiophene rings is 1. The summed E-state index contributed by atoms with van der Waals surface area (Å²) in [5.41, 5.74) is 0.656. The predicted octanol–water partition coefficient (Wildman–Crippen LogP) is 1.49. The van der Waals surface area contributed by atoms with Crippen LogP contribution in [0.25, 0.3) is 17.4 Å². The molecule has 3 rings (SSSR count). The highest BCUT2D eigenvalue weighted by molar-refractivity contribution is 7.12. The molecule has 0 aliphatic heterocycles. The van der Waals surface area contributed by atoms with Crippen molar-refractivity contribution in [3.05, 3.63) is 56.4 Å². The monoisotopic (exact) mass is 321 g/mol. The number of nitrogens with zero attached hydrogens (tertiary/aromatic N) is 1. The van der Waals surface area contributed by atoms with Crippen LogP contribution >= 0.6 is 11.3 Å². The molecule has 2 aromatic rings. The van der Waals surface area contributed by atoms with Gasteiger partial charge in [0, 0.05) is 27.3 Å². The van der Waals surface area contributed by atoms with Crippen LogP contribution in [0.2, 0.25) is 0 Å². The molecule has 2 aromatic heterocycles. The molecular formula is C15H9F2NO3S. The number of fused-ring (bicyclic) bond motifs is 2. The number of halogens is 2. The summed E-state index contributed by atoms with van der Waals surface area (Å²) in [4.78, 5) is 15.4. The third-order valence-electron chi connectivity index (χ3n) is 3.10. The van der Waals surface area contributed by atoms with E-state index in [1.54, 1.807) is 0 Å². The third kappa shape index (κ3) is 2.39. The van der Waals surface area contributed by atoms with Gasteiger partial charge in [0.1, 0.15) is 11.2 Å². The Balaban J connectivity index is 2.48. The Labute approximate surface area is 127 Å². The van der Waals surface area contributed by atoms with Gasteiger partial charge in [-0.1, -0.05) is 0 Å². The summed E-state index contributed by atoms with van der Waals surface area (Å²) in [6.45, 7) is 0. The average Bonchev–Trinajstić information content (AvgIpc) is 2.78. The molecule has 0 atom stereocenters. The molecule has 112 valence electrons. The van der Waals surface area contributed by atoms with Gasteiger partial charge < -0.3 is 9.84 Å². The van der Waals surface area contributed by atoms with E-state index in [0.29, 0.717) is 21.0 Å². The first-order valence-corrected chi connectivity index (χ1v) is 6.97. The van der Waals surface area contributed by atoms with Crippen LogP contribution in [0.4, 0.5) is 8.78 Å². The topological polar surface area (TPSA) is 59.4 Å². The minimum atomic E-state index is -1.18. The smallest absolute Gasteiger partial charge is 0.328 e. The molecule has 0 radical (unpaired) electrons. The van der Waals surface area contributed by atoms with Gasteiger partial charge in [-0.15, -0.1) is 11.3 Å². The highest BCUT2D eigenvalue weighted by atomic mass is 32.1. The van der Waals surface area contributed by atoms with Crippen LogP contribution in [0.1, 0.15) is 10.4 Å². The van der Waals surface area contributed by atoms with E-state index in [9.17, 15) is 13.6 Å². The number of rotatable bonds is 2. The zero-order chi connectivity index (χ0) is 15.9. The number of aliphatic carboxylic acids is 1. The lowest BCUT2D eigenvalue weighted by molar-refractivity contribution is -0.131. The second-order valence-corrected chi connectivity index (χ2v) is 5.50. The first-order chi connectivity index (χ1) is 10.5. The standard InChI is InChI=1S/C15H9F2NO3S/c1-21-14-10-5-11(17)22-15(10)8(4-12(19)20)2-7-3-9(16)6-18-13(7)14/h2-6H,1H3,(H,19,20). The van der Waals surface area contributed by atoms with Crippen molar-refractivity contribution in [1.29, 1.82) is 0 Å². The Hall–Kier alpha value is -2.54. The van der Waals surface area contributed by atoms with E-state index in [1.807, 2.05) is 0 Å². The maximum Gasteiger partial charge on any atom is 0.328 e. The molecule has 2 heterocycles. The Morgan fingerprint density at radius 3 is 2.86 bits per heavy atom. The van der Waals surface area contributed by atoms with Crippen molar-refractivity contribution < 1.29 is 23.4 Å². The van der Waals surface area contributed by atoms with E-state index in [-0.39, 0.29) is 11.3 Å². The molecule has 7 heteroatoms. The molecule has 1 aliphatic rings. The van der Waals surface area contributed by atoms with Gasteiger partial charge in [0.25, 0.3) is 0 Å². The van der Waals surface area contributed by atoms with Crippen molar-refractivity contribution in [2.75, 3.05) is 7.11 Å². The number of carboxylic acid groups (broad SMARTS) is 1. The Morgan fingerprint density at radius 1 is 1.41 bits per heavy atom. The lowest BCUT2D eigenvalue weighted by Crippen LogP contribution is -2.31. The van der Waals surface area contributed by atoms with Crippen LogP contribution in [0.5, 0.6) is 0 Å². The van der Waals surface area contributed by atoms with E-state index >= 15 is 0 Å². The molecule has 0 amide bonds. The van der Waals surface area contributed by atoms with Crippen molar-refractivity contribution in [3.8, 4) is 0 Å². The van der Waals surface area contributed by atoms with Gasteiger partial charge >= 0.3 is 5.97 Å². The maximum absolute atomic E-state index is 13.7. The summed E-state index contributed by atoms with van der Waals surface area (Å²) in [6, 6.07) is 2.48. The summed E-state index contributed by atoms with van der Waals surface area (Å²) >= 11 is 0.796. The van der Waals surface area contributed by atoms with Gasteiger partial charge in [0.15, 0.2) is 10.9 Å². The van der Waals surface area contributed by atoms with Gasteiger partial charge in [-0.3, -0.25) is 0 Å². The fraction of sp³-hybridized carbons (Fsp3) is 0.0667. The van der Waals surface area contributed by atoms with E-state index in [4.69, 9.17) is 9.84 Å². The Bertz CT molecular complexity index is 931. The summed E-state index contributed by atoms with van der Waals surface area (Å²) in [5.74, 6) is -1.47. The van der Waals surface area contributed by atoms with Crippen molar-refractivity contribution >= 4 is 34.7 Å². The second-order valence-electron chi connectivity index (χ2n) is 4.50. The molecule has 0 spiro atoms. The number of ether oxygens (including phenoxy) is 1. The molecule has 0 saturated heterocycles. The molecule has 22 heavy (non-hydrogen) atoms. The molecule has 1 N–H and O–H groups in total. The number of hydrogen-bond donors (Lipinski definition) is 1. The normalized spacial score (nSPS) is 14.9. The highest BCUT2D eigenvalue weighted by Crippen LogP contribution is 2.33. The number of methoxy groups -OCH3 is 1. The molecular weight excluding hydrogens is 312 g/mol. The zero-order valence-electron chi connectivity index (χ0n) is 11.3. The first-order valence-electron chi connectivity index (χ1n) is 6.16. The Morgan fingerprint density at radius 2 is 2.18 bits per heavy atom. The van der Waals surface area contributed by atoms with E-state index in [0.717, 1.165) is 23.6 Å². The van der Waals surface area contributed by atoms with Gasteiger partial charge in [-0.05, 0) is 18.2 Å². The molecule has 0 unspecified atom stereocenters. The van der Waals surface area contributed by atoms with Crippen molar-refractivity contribution in [2.45, 2.75) is 0 Å². The van der Waals surface area contributed by atoms with Crippen LogP contribution in [0.3, 0.4) is 0 Å². The summed E-state index contributed by atoms with van der Waals surface area (Å²) in [7, 11) is 1.40. The largest absolute Gasteiger partial charge is 0.494 e. The van der Waals surface area contributed by atoms with Crippen molar-refractivity contribution in [1.82, 2.24) is 4.98 Å². The quantitative estimate of drug-likeness (QED) is 0.852. The van der Waals surface area contributed by atoms with E-state index in [1.165, 1.54) is 25.3 Å². The number of allylic oxidation sites excluding steroid dienone is 1. The van der Waals surface area contributed by atoms with E-state index in [2.05, 4.69) is 4.98 Å². The van der Waals surface area contributed by atoms with Crippen LogP contribution in [0, 0.1) is 10.9 Å². The Kier molecular flexibility index (Phi) is 3.50. The van der Waals surface area contributed by atoms with Crippen molar-refractivity contribution in [2.24, 2.45) is 0 Å². The zero-order valence-corrected chi connectivity index (χ0v) is 12.1. The van der Waals surface area contributed by atoms with E-state index < -0.39 is 16.9 Å². The summed E-state index contributed by atoms with van der Waals surface area (Å²) in [5, 5.41) is 9.22. The van der Waals surface area contributed by atoms with Gasteiger partial charge in [-0.2, -0.15) is 4.39 Å². The molecule has 0 aromatic carbocycles. The summed E-state index contributed by atoms with van der Waals surface area (Å²) < 4.78 is 32.4. The van der Waals surface area contributed by atoms with Crippen LogP contribution in [0.15, 0.2) is 24.4 Å². The van der Waals surface area contributed by atoms with Gasteiger partial charge in [-0.25, -0.2) is 14.2 Å². The third-order valence-corrected chi connectivity index (χ3v) is 4.07. The molecule has 1 aliphatic carbocycles. The van der Waals surface area contributed by atoms with Crippen LogP contribution < -0.4 is 10.6 Å². The number of carbonyl (C=O) groups is 1. The lowest BCUT2D eigenvalue weighted by Gasteiger charge is -2.05.